The minimum Gasteiger partial charge on any atom is -0.486 e. The van der Waals surface area contributed by atoms with E-state index in [0.717, 1.165) is 22.7 Å². The molecule has 0 bridgehead atoms. The van der Waals surface area contributed by atoms with E-state index in [-0.39, 0.29) is 5.91 Å². The van der Waals surface area contributed by atoms with Crippen LogP contribution in [0.4, 0.5) is 11.4 Å². The fourth-order valence-corrected chi connectivity index (χ4v) is 4.27. The van der Waals surface area contributed by atoms with Crippen molar-refractivity contribution in [3.8, 4) is 11.5 Å². The Morgan fingerprint density at radius 1 is 0.867 bits per heavy atom. The second kappa shape index (κ2) is 8.08. The fraction of sp³-hybridized carbons (Fsp3) is 0.0833. The molecule has 0 radical (unpaired) electrons. The highest BCUT2D eigenvalue weighted by Crippen LogP contribution is 2.38. The number of hydrogen-bond donors (Lipinski definition) is 0. The van der Waals surface area contributed by atoms with Crippen LogP contribution in [0.15, 0.2) is 88.8 Å². The number of anilines is 1. The smallest absolute Gasteiger partial charge is 0.271 e. The fourth-order valence-electron chi connectivity index (χ4n) is 3.27. The van der Waals surface area contributed by atoms with E-state index in [9.17, 15) is 4.79 Å². The number of hydrogen-bond acceptors (Lipinski definition) is 5. The number of carbonyl (C=O) groups excluding carboxylic acids is 1. The van der Waals surface area contributed by atoms with E-state index >= 15 is 0 Å². The van der Waals surface area contributed by atoms with E-state index in [1.165, 1.54) is 11.8 Å². The van der Waals surface area contributed by atoms with Gasteiger partial charge in [-0.05, 0) is 59.8 Å². The third-order valence-corrected chi connectivity index (χ3v) is 5.63. The van der Waals surface area contributed by atoms with Crippen molar-refractivity contribution in [1.29, 1.82) is 0 Å². The molecule has 6 heteroatoms. The molecule has 5 nitrogen and oxygen atoms in total. The molecule has 1 saturated heterocycles. The van der Waals surface area contributed by atoms with Crippen LogP contribution < -0.4 is 14.4 Å². The van der Waals surface area contributed by atoms with Gasteiger partial charge in [-0.3, -0.25) is 9.69 Å². The number of carbonyl (C=O) groups is 1. The van der Waals surface area contributed by atoms with Crippen LogP contribution >= 0.6 is 11.8 Å². The Labute approximate surface area is 178 Å². The van der Waals surface area contributed by atoms with Gasteiger partial charge in [0.2, 0.25) is 0 Å². The largest absolute Gasteiger partial charge is 0.486 e. The maximum absolute atomic E-state index is 13.3. The SMILES string of the molecule is O=C1/C(=C/c2ccc3c(c2)OCCO3)SC(=Nc2ccccc2)N1c1ccccc1. The number of fused-ring (bicyclic) bond motifs is 1. The number of amidine groups is 1. The lowest BCUT2D eigenvalue weighted by molar-refractivity contribution is -0.113. The zero-order valence-electron chi connectivity index (χ0n) is 16.0. The maximum atomic E-state index is 13.3. The minimum absolute atomic E-state index is 0.101. The first-order valence-electron chi connectivity index (χ1n) is 9.60. The van der Waals surface area contributed by atoms with Crippen LogP contribution in [-0.2, 0) is 4.79 Å². The molecule has 3 aromatic carbocycles. The number of amides is 1. The van der Waals surface area contributed by atoms with Crippen LogP contribution in [0.5, 0.6) is 11.5 Å². The molecule has 0 N–H and O–H groups in total. The molecule has 5 rings (SSSR count). The average molecular weight is 414 g/mol. The Bertz CT molecular complexity index is 1140. The molecule has 2 aliphatic rings. The molecule has 0 saturated carbocycles. The van der Waals surface area contributed by atoms with E-state index in [1.54, 1.807) is 4.90 Å². The van der Waals surface area contributed by atoms with Crippen LogP contribution in [0.25, 0.3) is 6.08 Å². The Hall–Kier alpha value is -3.51. The zero-order chi connectivity index (χ0) is 20.3. The van der Waals surface area contributed by atoms with Crippen molar-refractivity contribution >= 4 is 40.3 Å². The predicted molar refractivity (Wildman–Crippen MR) is 120 cm³/mol. The van der Waals surface area contributed by atoms with Crippen molar-refractivity contribution in [2.24, 2.45) is 4.99 Å². The molecule has 148 valence electrons. The van der Waals surface area contributed by atoms with Gasteiger partial charge in [-0.15, -0.1) is 0 Å². The molecule has 1 amide bonds. The summed E-state index contributed by atoms with van der Waals surface area (Å²) in [5.74, 6) is 1.32. The lowest BCUT2D eigenvalue weighted by atomic mass is 10.1. The topological polar surface area (TPSA) is 51.1 Å². The first-order valence-corrected chi connectivity index (χ1v) is 10.4. The van der Waals surface area contributed by atoms with Gasteiger partial charge in [-0.25, -0.2) is 4.99 Å². The molecule has 0 atom stereocenters. The van der Waals surface area contributed by atoms with Gasteiger partial charge in [0.15, 0.2) is 16.7 Å². The highest BCUT2D eigenvalue weighted by atomic mass is 32.2. The van der Waals surface area contributed by atoms with Crippen LogP contribution in [0.2, 0.25) is 0 Å². The summed E-state index contributed by atoms with van der Waals surface area (Å²) in [6, 6.07) is 24.9. The standard InChI is InChI=1S/C24H18N2O3S/c27-23-22(16-17-11-12-20-21(15-17)29-14-13-28-20)30-24(25-18-7-3-1-4-8-18)26(23)19-9-5-2-6-10-19/h1-12,15-16H,13-14H2/b22-16-,25-24?. The van der Waals surface area contributed by atoms with Gasteiger partial charge in [-0.2, -0.15) is 0 Å². The average Bonchev–Trinajstić information content (AvgIpc) is 3.09. The summed E-state index contributed by atoms with van der Waals surface area (Å²) in [4.78, 5) is 20.3. The number of para-hydroxylation sites is 2. The van der Waals surface area contributed by atoms with Crippen molar-refractivity contribution < 1.29 is 14.3 Å². The Balaban J connectivity index is 1.53. The highest BCUT2D eigenvalue weighted by molar-refractivity contribution is 8.19. The van der Waals surface area contributed by atoms with Crippen molar-refractivity contribution in [3.63, 3.8) is 0 Å². The van der Waals surface area contributed by atoms with Crippen LogP contribution in [-0.4, -0.2) is 24.3 Å². The number of thioether (sulfide) groups is 1. The van der Waals surface area contributed by atoms with Crippen molar-refractivity contribution in [3.05, 3.63) is 89.3 Å². The zero-order valence-corrected chi connectivity index (χ0v) is 16.8. The summed E-state index contributed by atoms with van der Waals surface area (Å²) in [5.41, 5.74) is 2.47. The van der Waals surface area contributed by atoms with Gasteiger partial charge in [0.05, 0.1) is 16.3 Å². The summed E-state index contributed by atoms with van der Waals surface area (Å²) in [7, 11) is 0. The summed E-state index contributed by atoms with van der Waals surface area (Å²) < 4.78 is 11.2. The van der Waals surface area contributed by atoms with Crippen molar-refractivity contribution in [2.45, 2.75) is 0 Å². The van der Waals surface area contributed by atoms with Crippen molar-refractivity contribution in [1.82, 2.24) is 0 Å². The number of aliphatic imine (C=N–C) groups is 1. The third-order valence-electron chi connectivity index (χ3n) is 4.67. The molecule has 1 fully saturated rings. The number of ether oxygens (including phenoxy) is 2. The third kappa shape index (κ3) is 3.69. The first-order chi connectivity index (χ1) is 14.8. The molecular weight excluding hydrogens is 396 g/mol. The van der Waals surface area contributed by atoms with Crippen LogP contribution in [0.1, 0.15) is 5.56 Å². The molecule has 2 aliphatic heterocycles. The van der Waals surface area contributed by atoms with E-state index in [1.807, 2.05) is 84.9 Å². The van der Waals surface area contributed by atoms with Crippen molar-refractivity contribution in [2.75, 3.05) is 18.1 Å². The second-order valence-electron chi connectivity index (χ2n) is 6.72. The summed E-state index contributed by atoms with van der Waals surface area (Å²) in [5, 5.41) is 0.626. The molecular formula is C24H18N2O3S. The quantitative estimate of drug-likeness (QED) is 0.548. The van der Waals surface area contributed by atoms with Crippen LogP contribution in [0, 0.1) is 0 Å². The summed E-state index contributed by atoms with van der Waals surface area (Å²) in [6.07, 6.45) is 1.87. The van der Waals surface area contributed by atoms with Gasteiger partial charge in [-0.1, -0.05) is 42.5 Å². The van der Waals surface area contributed by atoms with E-state index in [4.69, 9.17) is 14.5 Å². The summed E-state index contributed by atoms with van der Waals surface area (Å²) in [6.45, 7) is 1.07. The Morgan fingerprint density at radius 2 is 1.57 bits per heavy atom. The Morgan fingerprint density at radius 3 is 2.33 bits per heavy atom. The Kier molecular flexibility index (Phi) is 4.99. The lowest BCUT2D eigenvalue weighted by Gasteiger charge is -2.18. The van der Waals surface area contributed by atoms with E-state index < -0.39 is 0 Å². The predicted octanol–water partition coefficient (Wildman–Crippen LogP) is 5.27. The van der Waals surface area contributed by atoms with Gasteiger partial charge >= 0.3 is 0 Å². The molecule has 30 heavy (non-hydrogen) atoms. The normalized spacial score (nSPS) is 18.3. The van der Waals surface area contributed by atoms with Crippen LogP contribution in [0.3, 0.4) is 0 Å². The van der Waals surface area contributed by atoms with E-state index in [0.29, 0.717) is 29.0 Å². The molecule has 2 heterocycles. The monoisotopic (exact) mass is 414 g/mol. The molecule has 0 spiro atoms. The lowest BCUT2D eigenvalue weighted by Crippen LogP contribution is -2.28. The number of nitrogens with zero attached hydrogens (tertiary/aromatic N) is 2. The van der Waals surface area contributed by atoms with Gasteiger partial charge < -0.3 is 9.47 Å². The molecule has 0 aliphatic carbocycles. The maximum Gasteiger partial charge on any atom is 0.271 e. The molecule has 3 aromatic rings. The first kappa shape index (κ1) is 18.5. The number of benzene rings is 3. The molecule has 0 aromatic heterocycles. The minimum atomic E-state index is -0.101. The molecule has 0 unspecified atom stereocenters. The second-order valence-corrected chi connectivity index (χ2v) is 7.73. The van der Waals surface area contributed by atoms with Gasteiger partial charge in [0, 0.05) is 0 Å². The highest BCUT2D eigenvalue weighted by Gasteiger charge is 2.34. The van der Waals surface area contributed by atoms with Gasteiger partial charge in [0.25, 0.3) is 5.91 Å². The van der Waals surface area contributed by atoms with Gasteiger partial charge in [0.1, 0.15) is 13.2 Å². The number of rotatable bonds is 3. The summed E-state index contributed by atoms with van der Waals surface area (Å²) >= 11 is 1.36. The van der Waals surface area contributed by atoms with E-state index in [2.05, 4.69) is 0 Å².